The monoisotopic (exact) mass is 248 g/mol. The van der Waals surface area contributed by atoms with Gasteiger partial charge in [-0.05, 0) is 38.8 Å². The number of anilines is 2. The molecule has 0 amide bonds. The Bertz CT molecular complexity index is 397. The van der Waals surface area contributed by atoms with Crippen LogP contribution in [0.5, 0.6) is 5.75 Å². The quantitative estimate of drug-likeness (QED) is 0.797. The third kappa shape index (κ3) is 2.89. The summed E-state index contributed by atoms with van der Waals surface area (Å²) in [6.45, 7) is 4.91. The zero-order valence-corrected chi connectivity index (χ0v) is 11.5. The van der Waals surface area contributed by atoms with Gasteiger partial charge in [0.2, 0.25) is 0 Å². The van der Waals surface area contributed by atoms with E-state index in [4.69, 9.17) is 10.5 Å². The second-order valence-corrected chi connectivity index (χ2v) is 5.40. The van der Waals surface area contributed by atoms with Crippen molar-refractivity contribution in [1.82, 2.24) is 0 Å². The number of hydrogen-bond acceptors (Lipinski definition) is 3. The standard InChI is InChI=1S/C15H24N2O/c1-3-18-13-9-7-8-12(14(13)16)17-15(2)10-5-4-6-11-15/h7-9,17H,3-6,10-11,16H2,1-2H3. The molecule has 1 aliphatic rings. The summed E-state index contributed by atoms with van der Waals surface area (Å²) in [5, 5.41) is 3.62. The van der Waals surface area contributed by atoms with Crippen molar-refractivity contribution in [3.05, 3.63) is 18.2 Å². The van der Waals surface area contributed by atoms with Gasteiger partial charge in [0, 0.05) is 5.54 Å². The van der Waals surface area contributed by atoms with Gasteiger partial charge in [-0.3, -0.25) is 0 Å². The molecule has 1 fully saturated rings. The smallest absolute Gasteiger partial charge is 0.144 e. The van der Waals surface area contributed by atoms with E-state index >= 15 is 0 Å². The number of nitrogens with one attached hydrogen (secondary N) is 1. The number of benzene rings is 1. The van der Waals surface area contributed by atoms with Gasteiger partial charge in [-0.15, -0.1) is 0 Å². The van der Waals surface area contributed by atoms with Crippen LogP contribution in [0.2, 0.25) is 0 Å². The molecule has 1 aromatic carbocycles. The molecule has 0 bridgehead atoms. The highest BCUT2D eigenvalue weighted by atomic mass is 16.5. The van der Waals surface area contributed by atoms with Crippen molar-refractivity contribution in [3.63, 3.8) is 0 Å². The number of nitrogens with two attached hydrogens (primary N) is 1. The van der Waals surface area contributed by atoms with Crippen molar-refractivity contribution in [2.24, 2.45) is 0 Å². The summed E-state index contributed by atoms with van der Waals surface area (Å²) in [5.41, 5.74) is 8.07. The maximum Gasteiger partial charge on any atom is 0.144 e. The lowest BCUT2D eigenvalue weighted by Gasteiger charge is -2.36. The number of hydrogen-bond donors (Lipinski definition) is 2. The minimum Gasteiger partial charge on any atom is -0.492 e. The summed E-state index contributed by atoms with van der Waals surface area (Å²) in [6, 6.07) is 5.96. The molecule has 1 saturated carbocycles. The van der Waals surface area contributed by atoms with Crippen LogP contribution in [0, 0.1) is 0 Å². The van der Waals surface area contributed by atoms with Gasteiger partial charge in [0.15, 0.2) is 0 Å². The highest BCUT2D eigenvalue weighted by Crippen LogP contribution is 2.36. The Balaban J connectivity index is 2.15. The molecule has 0 atom stereocenters. The molecule has 0 aliphatic heterocycles. The Kier molecular flexibility index (Phi) is 4.00. The largest absolute Gasteiger partial charge is 0.492 e. The number of rotatable bonds is 4. The van der Waals surface area contributed by atoms with E-state index in [2.05, 4.69) is 12.2 Å². The molecular formula is C15H24N2O. The van der Waals surface area contributed by atoms with Crippen molar-refractivity contribution < 1.29 is 4.74 Å². The summed E-state index contributed by atoms with van der Waals surface area (Å²) in [5.74, 6) is 0.780. The summed E-state index contributed by atoms with van der Waals surface area (Å²) in [6.07, 6.45) is 6.38. The van der Waals surface area contributed by atoms with Crippen LogP contribution in [-0.4, -0.2) is 12.1 Å². The molecule has 0 unspecified atom stereocenters. The van der Waals surface area contributed by atoms with Crippen LogP contribution in [0.25, 0.3) is 0 Å². The van der Waals surface area contributed by atoms with Crippen LogP contribution in [0.15, 0.2) is 18.2 Å². The third-order valence-electron chi connectivity index (χ3n) is 3.76. The summed E-state index contributed by atoms with van der Waals surface area (Å²) in [4.78, 5) is 0. The highest BCUT2D eigenvalue weighted by molar-refractivity contribution is 5.73. The lowest BCUT2D eigenvalue weighted by Crippen LogP contribution is -2.37. The Hall–Kier alpha value is -1.38. The SMILES string of the molecule is CCOc1cccc(NC2(C)CCCCC2)c1N. The predicted octanol–water partition coefficient (Wildman–Crippen LogP) is 3.80. The molecule has 3 heteroatoms. The van der Waals surface area contributed by atoms with Gasteiger partial charge in [0.1, 0.15) is 5.75 Å². The fraction of sp³-hybridized carbons (Fsp3) is 0.600. The molecule has 1 aromatic rings. The second-order valence-electron chi connectivity index (χ2n) is 5.40. The molecule has 0 saturated heterocycles. The van der Waals surface area contributed by atoms with Crippen molar-refractivity contribution in [2.45, 2.75) is 51.5 Å². The van der Waals surface area contributed by atoms with Crippen molar-refractivity contribution in [3.8, 4) is 5.75 Å². The maximum absolute atomic E-state index is 6.16. The molecular weight excluding hydrogens is 224 g/mol. The fourth-order valence-corrected chi connectivity index (χ4v) is 2.72. The van der Waals surface area contributed by atoms with E-state index in [1.54, 1.807) is 0 Å². The Morgan fingerprint density at radius 1 is 1.28 bits per heavy atom. The van der Waals surface area contributed by atoms with Crippen LogP contribution in [-0.2, 0) is 0 Å². The van der Waals surface area contributed by atoms with Crippen LogP contribution in [0.3, 0.4) is 0 Å². The maximum atomic E-state index is 6.16. The minimum atomic E-state index is 0.178. The fourth-order valence-electron chi connectivity index (χ4n) is 2.72. The van der Waals surface area contributed by atoms with Gasteiger partial charge >= 0.3 is 0 Å². The summed E-state index contributed by atoms with van der Waals surface area (Å²) < 4.78 is 5.53. The van der Waals surface area contributed by atoms with Gasteiger partial charge < -0.3 is 15.8 Å². The Labute approximate surface area is 110 Å². The van der Waals surface area contributed by atoms with Crippen molar-refractivity contribution >= 4 is 11.4 Å². The molecule has 0 radical (unpaired) electrons. The van der Waals surface area contributed by atoms with E-state index in [-0.39, 0.29) is 5.54 Å². The number of para-hydroxylation sites is 1. The molecule has 3 nitrogen and oxygen atoms in total. The molecule has 3 N–H and O–H groups in total. The van der Waals surface area contributed by atoms with Gasteiger partial charge in [0.25, 0.3) is 0 Å². The molecule has 18 heavy (non-hydrogen) atoms. The lowest BCUT2D eigenvalue weighted by molar-refractivity contribution is 0.340. The first-order chi connectivity index (χ1) is 8.64. The molecule has 1 aliphatic carbocycles. The average molecular weight is 248 g/mol. The van der Waals surface area contributed by atoms with Gasteiger partial charge in [-0.25, -0.2) is 0 Å². The first-order valence-corrected chi connectivity index (χ1v) is 6.94. The molecule has 100 valence electrons. The van der Waals surface area contributed by atoms with Gasteiger partial charge in [0.05, 0.1) is 18.0 Å². The second kappa shape index (κ2) is 5.51. The minimum absolute atomic E-state index is 0.178. The third-order valence-corrected chi connectivity index (χ3v) is 3.76. The average Bonchev–Trinajstić information content (AvgIpc) is 2.35. The lowest BCUT2D eigenvalue weighted by atomic mass is 9.83. The highest BCUT2D eigenvalue weighted by Gasteiger charge is 2.27. The topological polar surface area (TPSA) is 47.3 Å². The normalized spacial score (nSPS) is 18.3. The van der Waals surface area contributed by atoms with E-state index in [9.17, 15) is 0 Å². The number of nitrogen functional groups attached to an aromatic ring is 1. The zero-order valence-electron chi connectivity index (χ0n) is 11.5. The van der Waals surface area contributed by atoms with Crippen LogP contribution in [0.4, 0.5) is 11.4 Å². The van der Waals surface area contributed by atoms with Crippen molar-refractivity contribution in [1.29, 1.82) is 0 Å². The van der Waals surface area contributed by atoms with E-state index in [1.807, 2.05) is 25.1 Å². The van der Waals surface area contributed by atoms with Crippen LogP contribution < -0.4 is 15.8 Å². The Morgan fingerprint density at radius 2 is 2.00 bits per heavy atom. The molecule has 2 rings (SSSR count). The first kappa shape index (κ1) is 13.1. The predicted molar refractivity (Wildman–Crippen MR) is 77.1 cm³/mol. The summed E-state index contributed by atoms with van der Waals surface area (Å²) >= 11 is 0. The van der Waals surface area contributed by atoms with Crippen LogP contribution >= 0.6 is 0 Å². The van der Waals surface area contributed by atoms with Crippen molar-refractivity contribution in [2.75, 3.05) is 17.7 Å². The molecule has 0 spiro atoms. The van der Waals surface area contributed by atoms with E-state index < -0.39 is 0 Å². The summed E-state index contributed by atoms with van der Waals surface area (Å²) in [7, 11) is 0. The molecule has 0 aromatic heterocycles. The molecule has 0 heterocycles. The van der Waals surface area contributed by atoms with E-state index in [0.717, 1.165) is 17.1 Å². The zero-order chi connectivity index (χ0) is 13.0. The van der Waals surface area contributed by atoms with Gasteiger partial charge in [-0.2, -0.15) is 0 Å². The van der Waals surface area contributed by atoms with Crippen LogP contribution in [0.1, 0.15) is 46.0 Å². The van der Waals surface area contributed by atoms with E-state index in [1.165, 1.54) is 32.1 Å². The van der Waals surface area contributed by atoms with Gasteiger partial charge in [-0.1, -0.05) is 25.3 Å². The number of ether oxygens (including phenoxy) is 1. The Morgan fingerprint density at radius 3 is 2.67 bits per heavy atom. The first-order valence-electron chi connectivity index (χ1n) is 6.94. The van der Waals surface area contributed by atoms with E-state index in [0.29, 0.717) is 6.61 Å².